The van der Waals surface area contributed by atoms with E-state index in [0.29, 0.717) is 15.9 Å². The molecular weight excluding hydrogens is 501 g/mol. The van der Waals surface area contributed by atoms with E-state index in [9.17, 15) is 30.4 Å². The second kappa shape index (κ2) is 9.47. The second-order valence-electron chi connectivity index (χ2n) is 7.44. The minimum Gasteiger partial charge on any atom is -0.497 e. The van der Waals surface area contributed by atoms with Gasteiger partial charge in [-0.2, -0.15) is 4.31 Å². The van der Waals surface area contributed by atoms with Gasteiger partial charge >= 0.3 is 0 Å². The molecule has 0 radical (unpaired) electrons. The summed E-state index contributed by atoms with van der Waals surface area (Å²) >= 11 is 1.36. The summed E-state index contributed by atoms with van der Waals surface area (Å²) in [5, 5.41) is 2.51. The average Bonchev–Trinajstić information content (AvgIpc) is 3.30. The summed E-state index contributed by atoms with van der Waals surface area (Å²) in [7, 11) is -3.37. The van der Waals surface area contributed by atoms with Gasteiger partial charge in [-0.25, -0.2) is 35.4 Å². The number of piperazine rings is 1. The first-order chi connectivity index (χ1) is 16.1. The van der Waals surface area contributed by atoms with E-state index in [1.165, 1.54) is 11.3 Å². The number of aromatic nitrogens is 1. The van der Waals surface area contributed by atoms with Crippen molar-refractivity contribution >= 4 is 26.5 Å². The highest BCUT2D eigenvalue weighted by Crippen LogP contribution is 2.30. The Labute approximate surface area is 196 Å². The molecule has 0 aliphatic carbocycles. The molecule has 13 heteroatoms. The molecule has 182 valence electrons. The lowest BCUT2D eigenvalue weighted by Gasteiger charge is -2.33. The SMILES string of the molecule is COc1ccc(Cc2csc(N3CCN(S(=O)(=O)c4c(F)c(F)c(F)c(F)c4F)CC3)n2)cc1. The summed E-state index contributed by atoms with van der Waals surface area (Å²) in [6.07, 6.45) is 0.578. The quantitative estimate of drug-likeness (QED) is 0.281. The van der Waals surface area contributed by atoms with Crippen LogP contribution in [0.1, 0.15) is 11.3 Å². The fourth-order valence-corrected chi connectivity index (χ4v) is 5.95. The van der Waals surface area contributed by atoms with Gasteiger partial charge in [-0.15, -0.1) is 11.3 Å². The number of hydrogen-bond acceptors (Lipinski definition) is 6. The van der Waals surface area contributed by atoms with E-state index < -0.39 is 44.0 Å². The molecule has 1 saturated heterocycles. The first-order valence-electron chi connectivity index (χ1n) is 9.97. The van der Waals surface area contributed by atoms with Crippen LogP contribution in [0.5, 0.6) is 5.75 Å². The number of methoxy groups -OCH3 is 1. The Kier molecular flexibility index (Phi) is 6.78. The molecule has 0 saturated carbocycles. The molecule has 34 heavy (non-hydrogen) atoms. The van der Waals surface area contributed by atoms with Crippen molar-refractivity contribution in [1.82, 2.24) is 9.29 Å². The molecule has 2 heterocycles. The zero-order chi connectivity index (χ0) is 24.6. The highest BCUT2D eigenvalue weighted by Gasteiger charge is 2.38. The summed E-state index contributed by atoms with van der Waals surface area (Å²) in [6, 6.07) is 7.52. The first-order valence-corrected chi connectivity index (χ1v) is 12.3. The normalized spacial score (nSPS) is 15.1. The predicted molar refractivity (Wildman–Crippen MR) is 115 cm³/mol. The summed E-state index contributed by atoms with van der Waals surface area (Å²) < 4.78 is 99.7. The van der Waals surface area contributed by atoms with Crippen LogP contribution in [0.25, 0.3) is 0 Å². The molecule has 0 N–H and O–H groups in total. The molecule has 1 aliphatic heterocycles. The van der Waals surface area contributed by atoms with Crippen molar-refractivity contribution in [2.24, 2.45) is 0 Å². The number of anilines is 1. The smallest absolute Gasteiger partial charge is 0.249 e. The van der Waals surface area contributed by atoms with E-state index >= 15 is 0 Å². The van der Waals surface area contributed by atoms with E-state index in [1.807, 2.05) is 29.6 Å². The molecule has 1 aromatic heterocycles. The van der Waals surface area contributed by atoms with Crippen molar-refractivity contribution in [2.45, 2.75) is 11.3 Å². The lowest BCUT2D eigenvalue weighted by molar-refractivity contribution is 0.344. The summed E-state index contributed by atoms with van der Waals surface area (Å²) in [4.78, 5) is 4.52. The van der Waals surface area contributed by atoms with Crippen LogP contribution in [0.2, 0.25) is 0 Å². The Morgan fingerprint density at radius 1 is 0.912 bits per heavy atom. The number of benzene rings is 2. The van der Waals surface area contributed by atoms with Crippen molar-refractivity contribution in [1.29, 1.82) is 0 Å². The highest BCUT2D eigenvalue weighted by molar-refractivity contribution is 7.89. The summed E-state index contributed by atoms with van der Waals surface area (Å²) in [5.74, 6) is -11.0. The minimum atomic E-state index is -4.95. The fraction of sp³-hybridized carbons (Fsp3) is 0.286. The van der Waals surface area contributed by atoms with Gasteiger partial charge in [0.25, 0.3) is 0 Å². The summed E-state index contributed by atoms with van der Waals surface area (Å²) in [5.41, 5.74) is 1.83. The van der Waals surface area contributed by atoms with Gasteiger partial charge in [0.2, 0.25) is 15.8 Å². The topological polar surface area (TPSA) is 62.7 Å². The third kappa shape index (κ3) is 4.46. The van der Waals surface area contributed by atoms with E-state index in [-0.39, 0.29) is 26.2 Å². The van der Waals surface area contributed by atoms with Crippen LogP contribution in [0.3, 0.4) is 0 Å². The predicted octanol–water partition coefficient (Wildman–Crippen LogP) is 3.95. The maximum absolute atomic E-state index is 14.1. The van der Waals surface area contributed by atoms with Gasteiger partial charge in [-0.3, -0.25) is 0 Å². The Morgan fingerprint density at radius 2 is 1.47 bits per heavy atom. The van der Waals surface area contributed by atoms with Gasteiger partial charge < -0.3 is 9.64 Å². The Bertz CT molecular complexity index is 1280. The van der Waals surface area contributed by atoms with Crippen LogP contribution in [-0.2, 0) is 16.4 Å². The number of halogens is 5. The lowest BCUT2D eigenvalue weighted by atomic mass is 10.1. The van der Waals surface area contributed by atoms with E-state index in [0.717, 1.165) is 17.0 Å². The third-order valence-corrected chi connectivity index (χ3v) is 8.23. The van der Waals surface area contributed by atoms with Crippen molar-refractivity contribution in [3.05, 3.63) is 70.0 Å². The van der Waals surface area contributed by atoms with E-state index in [4.69, 9.17) is 4.74 Å². The fourth-order valence-electron chi connectivity index (χ4n) is 3.54. The number of ether oxygens (including phenoxy) is 1. The van der Waals surface area contributed by atoms with Crippen LogP contribution < -0.4 is 9.64 Å². The van der Waals surface area contributed by atoms with Crippen molar-refractivity contribution < 1.29 is 35.1 Å². The van der Waals surface area contributed by atoms with Crippen LogP contribution in [0.4, 0.5) is 27.1 Å². The number of hydrogen-bond donors (Lipinski definition) is 0. The molecule has 1 aliphatic rings. The van der Waals surface area contributed by atoms with Gasteiger partial charge in [0, 0.05) is 38.0 Å². The number of nitrogens with zero attached hydrogens (tertiary/aromatic N) is 3. The zero-order valence-corrected chi connectivity index (χ0v) is 19.3. The molecule has 6 nitrogen and oxygen atoms in total. The Balaban J connectivity index is 1.46. The van der Waals surface area contributed by atoms with Crippen molar-refractivity contribution in [2.75, 3.05) is 38.2 Å². The molecule has 3 aromatic rings. The van der Waals surface area contributed by atoms with Gasteiger partial charge in [0.05, 0.1) is 12.8 Å². The van der Waals surface area contributed by atoms with Crippen LogP contribution in [0.15, 0.2) is 34.5 Å². The standard InChI is InChI=1S/C21H18F5N3O3S2/c1-32-14-4-2-12(3-5-14)10-13-11-33-21(27-13)28-6-8-29(9-7-28)34(30,31)20-18(25)16(23)15(22)17(24)19(20)26/h2-5,11H,6-10H2,1H3. The maximum atomic E-state index is 14.1. The molecular formula is C21H18F5N3O3S2. The van der Waals surface area contributed by atoms with Gasteiger partial charge in [-0.1, -0.05) is 12.1 Å². The highest BCUT2D eigenvalue weighted by atomic mass is 32.2. The molecule has 0 bridgehead atoms. The van der Waals surface area contributed by atoms with Crippen LogP contribution in [-0.4, -0.2) is 51.0 Å². The van der Waals surface area contributed by atoms with Gasteiger partial charge in [0.1, 0.15) is 5.75 Å². The average molecular weight is 520 g/mol. The number of rotatable bonds is 6. The Morgan fingerprint density at radius 3 is 2.03 bits per heavy atom. The molecule has 0 amide bonds. The third-order valence-electron chi connectivity index (χ3n) is 5.36. The maximum Gasteiger partial charge on any atom is 0.249 e. The Hall–Kier alpha value is -2.77. The molecule has 0 spiro atoms. The zero-order valence-electron chi connectivity index (χ0n) is 17.7. The summed E-state index contributed by atoms with van der Waals surface area (Å²) in [6.45, 7) is -0.168. The lowest BCUT2D eigenvalue weighted by Crippen LogP contribution is -2.49. The van der Waals surface area contributed by atoms with Crippen molar-refractivity contribution in [3.63, 3.8) is 0 Å². The number of thiazole rings is 1. The van der Waals surface area contributed by atoms with Crippen molar-refractivity contribution in [3.8, 4) is 5.75 Å². The molecule has 0 atom stereocenters. The minimum absolute atomic E-state index is 0.129. The van der Waals surface area contributed by atoms with E-state index in [2.05, 4.69) is 4.98 Å². The van der Waals surface area contributed by atoms with E-state index in [1.54, 1.807) is 12.0 Å². The van der Waals surface area contributed by atoms with Gasteiger partial charge in [0.15, 0.2) is 33.3 Å². The first kappa shape index (κ1) is 24.4. The molecule has 1 fully saturated rings. The van der Waals surface area contributed by atoms with Gasteiger partial charge in [-0.05, 0) is 17.7 Å². The van der Waals surface area contributed by atoms with Crippen LogP contribution >= 0.6 is 11.3 Å². The monoisotopic (exact) mass is 519 g/mol. The molecule has 0 unspecified atom stereocenters. The molecule has 4 rings (SSSR count). The number of sulfonamides is 1. The second-order valence-corrected chi connectivity index (χ2v) is 10.1. The molecule has 2 aromatic carbocycles. The largest absolute Gasteiger partial charge is 0.497 e. The van der Waals surface area contributed by atoms with Crippen LogP contribution in [0, 0.1) is 29.1 Å².